The van der Waals surface area contributed by atoms with Crippen molar-refractivity contribution in [2.75, 3.05) is 43.4 Å². The Hall–Kier alpha value is -2.37. The maximum Gasteiger partial charge on any atom is 0.224 e. The van der Waals surface area contributed by atoms with Crippen LogP contribution in [0.5, 0.6) is 0 Å². The van der Waals surface area contributed by atoms with Crippen molar-refractivity contribution >= 4 is 28.6 Å². The lowest BCUT2D eigenvalue weighted by Gasteiger charge is -2.35. The molecule has 3 rings (SSSR count). The Morgan fingerprint density at radius 3 is 2.52 bits per heavy atom. The zero-order chi connectivity index (χ0) is 14.8. The molecule has 1 saturated heterocycles. The van der Waals surface area contributed by atoms with E-state index >= 15 is 0 Å². The second-order valence-electron chi connectivity index (χ2n) is 5.13. The van der Waals surface area contributed by atoms with Crippen molar-refractivity contribution in [2.24, 2.45) is 0 Å². The number of nitrogens with one attached hydrogen (secondary N) is 1. The molecule has 6 heteroatoms. The van der Waals surface area contributed by atoms with Crippen molar-refractivity contribution in [1.82, 2.24) is 14.9 Å². The third kappa shape index (κ3) is 2.61. The molecule has 1 N–H and O–H groups in total. The van der Waals surface area contributed by atoms with Crippen molar-refractivity contribution in [1.29, 1.82) is 0 Å². The Bertz CT molecular complexity index is 664. The summed E-state index contributed by atoms with van der Waals surface area (Å²) in [6.07, 6.45) is 0. The molecule has 0 radical (unpaired) electrons. The van der Waals surface area contributed by atoms with Crippen LogP contribution in [0, 0.1) is 0 Å². The van der Waals surface area contributed by atoms with Crippen molar-refractivity contribution < 1.29 is 4.79 Å². The highest BCUT2D eigenvalue weighted by Crippen LogP contribution is 2.26. The first kappa shape index (κ1) is 13.6. The van der Waals surface area contributed by atoms with Gasteiger partial charge in [-0.1, -0.05) is 12.1 Å². The molecule has 1 aliphatic rings. The zero-order valence-corrected chi connectivity index (χ0v) is 12.3. The number of carbonyl (C=O) groups excluding carboxylic acids is 1. The predicted molar refractivity (Wildman–Crippen MR) is 83.6 cm³/mol. The second kappa shape index (κ2) is 5.55. The van der Waals surface area contributed by atoms with Crippen LogP contribution in [0.4, 0.5) is 11.8 Å². The topological polar surface area (TPSA) is 61.4 Å². The highest BCUT2D eigenvalue weighted by Gasteiger charge is 2.21. The molecule has 1 fully saturated rings. The summed E-state index contributed by atoms with van der Waals surface area (Å²) in [6, 6.07) is 8.01. The number of hydrogen-bond donors (Lipinski definition) is 1. The van der Waals surface area contributed by atoms with Gasteiger partial charge in [0.05, 0.1) is 5.52 Å². The summed E-state index contributed by atoms with van der Waals surface area (Å²) < 4.78 is 0. The number of carbonyl (C=O) groups is 1. The zero-order valence-electron chi connectivity index (χ0n) is 12.3. The van der Waals surface area contributed by atoms with E-state index in [-0.39, 0.29) is 5.91 Å². The molecule has 1 aromatic heterocycles. The largest absolute Gasteiger partial charge is 0.357 e. The fraction of sp³-hybridized carbons (Fsp3) is 0.400. The third-order valence-electron chi connectivity index (χ3n) is 3.83. The van der Waals surface area contributed by atoms with Crippen molar-refractivity contribution in [3.8, 4) is 0 Å². The van der Waals surface area contributed by atoms with E-state index in [0.29, 0.717) is 5.95 Å². The minimum Gasteiger partial charge on any atom is -0.357 e. The van der Waals surface area contributed by atoms with Gasteiger partial charge in [-0.15, -0.1) is 0 Å². The average Bonchev–Trinajstić information content (AvgIpc) is 2.53. The Morgan fingerprint density at radius 2 is 1.86 bits per heavy atom. The van der Waals surface area contributed by atoms with Crippen LogP contribution >= 0.6 is 0 Å². The predicted octanol–water partition coefficient (Wildman–Crippen LogP) is 1.34. The van der Waals surface area contributed by atoms with Crippen LogP contribution in [-0.4, -0.2) is 54.0 Å². The molecule has 1 aromatic carbocycles. The second-order valence-corrected chi connectivity index (χ2v) is 5.13. The fourth-order valence-corrected chi connectivity index (χ4v) is 2.65. The lowest BCUT2D eigenvalue weighted by Crippen LogP contribution is -2.48. The molecule has 0 atom stereocenters. The van der Waals surface area contributed by atoms with Gasteiger partial charge in [0.15, 0.2) is 0 Å². The number of hydrogen-bond acceptors (Lipinski definition) is 5. The molecule has 1 aliphatic heterocycles. The molecule has 2 heterocycles. The number of anilines is 2. The number of rotatable bonds is 2. The van der Waals surface area contributed by atoms with E-state index in [0.717, 1.165) is 42.9 Å². The maximum absolute atomic E-state index is 11.4. The van der Waals surface area contributed by atoms with Gasteiger partial charge < -0.3 is 15.1 Å². The number of amides is 1. The first-order valence-electron chi connectivity index (χ1n) is 7.14. The molecule has 0 unspecified atom stereocenters. The minimum atomic E-state index is 0.137. The van der Waals surface area contributed by atoms with Gasteiger partial charge in [-0.3, -0.25) is 4.79 Å². The SMILES string of the molecule is CNc1nc(N2CCN(C(C)=O)CC2)c2ccccc2n1. The quantitative estimate of drug-likeness (QED) is 0.902. The summed E-state index contributed by atoms with van der Waals surface area (Å²) in [5, 5.41) is 4.06. The van der Waals surface area contributed by atoms with Crippen LogP contribution in [0.15, 0.2) is 24.3 Å². The van der Waals surface area contributed by atoms with Crippen LogP contribution in [-0.2, 0) is 4.79 Å². The summed E-state index contributed by atoms with van der Waals surface area (Å²) in [4.78, 5) is 24.6. The number of fused-ring (bicyclic) bond motifs is 1. The fourth-order valence-electron chi connectivity index (χ4n) is 2.65. The van der Waals surface area contributed by atoms with E-state index < -0.39 is 0 Å². The number of aromatic nitrogens is 2. The van der Waals surface area contributed by atoms with Gasteiger partial charge in [0, 0.05) is 45.5 Å². The summed E-state index contributed by atoms with van der Waals surface area (Å²) in [6.45, 7) is 4.69. The van der Waals surface area contributed by atoms with E-state index in [2.05, 4.69) is 20.2 Å². The summed E-state index contributed by atoms with van der Waals surface area (Å²) in [7, 11) is 1.82. The van der Waals surface area contributed by atoms with Gasteiger partial charge >= 0.3 is 0 Å². The Morgan fingerprint density at radius 1 is 1.14 bits per heavy atom. The van der Waals surface area contributed by atoms with E-state index in [4.69, 9.17) is 0 Å². The third-order valence-corrected chi connectivity index (χ3v) is 3.83. The lowest BCUT2D eigenvalue weighted by atomic mass is 10.2. The minimum absolute atomic E-state index is 0.137. The molecule has 0 saturated carbocycles. The van der Waals surface area contributed by atoms with Crippen LogP contribution < -0.4 is 10.2 Å². The maximum atomic E-state index is 11.4. The first-order valence-corrected chi connectivity index (χ1v) is 7.14. The molecular formula is C15H19N5O. The molecule has 0 spiro atoms. The Labute approximate surface area is 123 Å². The van der Waals surface area contributed by atoms with E-state index in [1.165, 1.54) is 0 Å². The molecule has 2 aromatic rings. The standard InChI is InChI=1S/C15H19N5O/c1-11(21)19-7-9-20(10-8-19)14-12-5-3-4-6-13(12)17-15(16-2)18-14/h3-6H,7-10H2,1-2H3,(H,16,17,18). The van der Waals surface area contributed by atoms with Gasteiger partial charge in [0.2, 0.25) is 11.9 Å². The number of nitrogens with zero attached hydrogens (tertiary/aromatic N) is 4. The highest BCUT2D eigenvalue weighted by atomic mass is 16.2. The number of piperazine rings is 1. The van der Waals surface area contributed by atoms with Gasteiger partial charge in [-0.2, -0.15) is 4.98 Å². The van der Waals surface area contributed by atoms with Crippen LogP contribution in [0.2, 0.25) is 0 Å². The van der Waals surface area contributed by atoms with E-state index in [9.17, 15) is 4.79 Å². The Balaban J connectivity index is 1.95. The highest BCUT2D eigenvalue weighted by molar-refractivity contribution is 5.90. The molecule has 110 valence electrons. The summed E-state index contributed by atoms with van der Waals surface area (Å²) in [5.41, 5.74) is 0.931. The monoisotopic (exact) mass is 285 g/mol. The summed E-state index contributed by atoms with van der Waals surface area (Å²) >= 11 is 0. The van der Waals surface area contributed by atoms with Crippen LogP contribution in [0.1, 0.15) is 6.92 Å². The molecule has 1 amide bonds. The number of benzene rings is 1. The van der Waals surface area contributed by atoms with Crippen LogP contribution in [0.25, 0.3) is 10.9 Å². The van der Waals surface area contributed by atoms with Gasteiger partial charge in [-0.05, 0) is 12.1 Å². The van der Waals surface area contributed by atoms with E-state index in [1.807, 2.05) is 36.2 Å². The lowest BCUT2D eigenvalue weighted by molar-refractivity contribution is -0.129. The van der Waals surface area contributed by atoms with Gasteiger partial charge in [0.25, 0.3) is 0 Å². The van der Waals surface area contributed by atoms with Crippen LogP contribution in [0.3, 0.4) is 0 Å². The van der Waals surface area contributed by atoms with Crippen molar-refractivity contribution in [3.63, 3.8) is 0 Å². The van der Waals surface area contributed by atoms with Crippen molar-refractivity contribution in [3.05, 3.63) is 24.3 Å². The number of para-hydroxylation sites is 1. The Kier molecular flexibility index (Phi) is 3.60. The van der Waals surface area contributed by atoms with E-state index in [1.54, 1.807) is 6.92 Å². The smallest absolute Gasteiger partial charge is 0.224 e. The molecular weight excluding hydrogens is 266 g/mol. The normalized spacial score (nSPS) is 15.3. The molecule has 21 heavy (non-hydrogen) atoms. The average molecular weight is 285 g/mol. The summed E-state index contributed by atoms with van der Waals surface area (Å²) in [5.74, 6) is 1.70. The molecule has 0 aliphatic carbocycles. The molecule has 0 bridgehead atoms. The van der Waals surface area contributed by atoms with Gasteiger partial charge in [0.1, 0.15) is 5.82 Å². The molecule has 6 nitrogen and oxygen atoms in total. The van der Waals surface area contributed by atoms with Gasteiger partial charge in [-0.25, -0.2) is 4.98 Å². The van der Waals surface area contributed by atoms with Crippen molar-refractivity contribution in [2.45, 2.75) is 6.92 Å². The first-order chi connectivity index (χ1) is 10.2.